The van der Waals surface area contributed by atoms with Crippen molar-refractivity contribution >= 4 is 12.2 Å². The van der Waals surface area contributed by atoms with Gasteiger partial charge in [-0.25, -0.2) is 9.59 Å². The number of amides is 2. The number of benzene rings is 4. The molecule has 0 saturated heterocycles. The van der Waals surface area contributed by atoms with Gasteiger partial charge in [0.2, 0.25) is 0 Å². The average Bonchev–Trinajstić information content (AvgIpc) is 3.33. The second-order valence-corrected chi connectivity index (χ2v) is 18.6. The van der Waals surface area contributed by atoms with Gasteiger partial charge < -0.3 is 66.3 Å². The lowest BCUT2D eigenvalue weighted by atomic mass is 10.1. The van der Waals surface area contributed by atoms with E-state index >= 15 is 0 Å². The number of nitrogens with zero attached hydrogens (tertiary/aromatic N) is 2. The summed E-state index contributed by atoms with van der Waals surface area (Å²) in [4.78, 5) is 30.6. The monoisotopic (exact) mass is 1010 g/mol. The van der Waals surface area contributed by atoms with Crippen LogP contribution in [0.15, 0.2) is 72.8 Å². The summed E-state index contributed by atoms with van der Waals surface area (Å²) in [6.45, 7) is 15.2. The molecule has 0 spiro atoms. The van der Waals surface area contributed by atoms with E-state index in [1.807, 2.05) is 90.1 Å². The lowest BCUT2D eigenvalue weighted by molar-refractivity contribution is 0.0204. The summed E-state index contributed by atoms with van der Waals surface area (Å²) in [6.07, 6.45) is -0.990. The molecule has 0 fully saturated rings. The fraction of sp³-hybridized carbons (Fsp3) is 0.519. The Morgan fingerprint density at radius 3 is 0.847 bits per heavy atom. The molecule has 5 rings (SSSR count). The summed E-state index contributed by atoms with van der Waals surface area (Å²) >= 11 is 0. The second kappa shape index (κ2) is 28.6. The molecule has 18 heteroatoms. The quantitative estimate of drug-likeness (QED) is 0.132. The smallest absolute Gasteiger partial charge is 0.410 e. The van der Waals surface area contributed by atoms with Crippen LogP contribution in [-0.4, -0.2) is 141 Å². The minimum absolute atomic E-state index is 0.178. The number of methoxy groups -OCH3 is 4. The number of hydrogen-bond acceptors (Lipinski definition) is 16. The normalized spacial score (nSPS) is 14.7. The van der Waals surface area contributed by atoms with Crippen molar-refractivity contribution in [3.63, 3.8) is 0 Å². The second-order valence-electron chi connectivity index (χ2n) is 18.6. The summed E-state index contributed by atoms with van der Waals surface area (Å²) in [5.41, 5.74) is 1.63. The third-order valence-corrected chi connectivity index (χ3v) is 10.2. The molecule has 4 bridgehead atoms. The summed E-state index contributed by atoms with van der Waals surface area (Å²) in [5.74, 6) is 4.53. The highest BCUT2D eigenvalue weighted by Crippen LogP contribution is 2.30. The number of carbonyl (C=O) groups is 2. The van der Waals surface area contributed by atoms with Crippen LogP contribution < -0.4 is 37.9 Å². The zero-order valence-electron chi connectivity index (χ0n) is 43.7. The standard InChI is InChI=1S/C54H74N2O16/c1-53(2,3)71-51(57)55(35-39-23-43(59-7)31-44(24-39)60-8)37-41-27-47-33-48(28-41)68-20-16-64-12-14-66-18-22-70-50-30-42(29-49(34-50)69-21-17-65-13-11-63-15-19-67-47)38-56(52(58)72-54(4,5)6)36-40-25-45(61-9)32-46(26-40)62-10/h23-34H,11-22,35-38H2,1-10H3. The van der Waals surface area contributed by atoms with E-state index < -0.39 is 23.4 Å². The molecule has 1 aliphatic heterocycles. The summed E-state index contributed by atoms with van der Waals surface area (Å²) in [7, 11) is 6.32. The molecule has 0 N–H and O–H groups in total. The Kier molecular flexibility index (Phi) is 22.5. The number of hydrogen-bond donors (Lipinski definition) is 0. The molecule has 0 aromatic heterocycles. The highest BCUT2D eigenvalue weighted by Gasteiger charge is 2.26. The van der Waals surface area contributed by atoms with Gasteiger partial charge in [-0.1, -0.05) is 0 Å². The Labute approximate surface area is 424 Å². The van der Waals surface area contributed by atoms with Crippen LogP contribution in [0.5, 0.6) is 46.0 Å². The van der Waals surface area contributed by atoms with Gasteiger partial charge in [-0.3, -0.25) is 9.80 Å². The highest BCUT2D eigenvalue weighted by molar-refractivity contribution is 5.69. The Balaban J connectivity index is 1.24. The molecular weight excluding hydrogens is 933 g/mol. The van der Waals surface area contributed by atoms with E-state index in [4.69, 9.17) is 66.3 Å². The number of rotatable bonds is 12. The lowest BCUT2D eigenvalue weighted by Gasteiger charge is -2.28. The van der Waals surface area contributed by atoms with Gasteiger partial charge in [0.25, 0.3) is 0 Å². The van der Waals surface area contributed by atoms with Crippen molar-refractivity contribution in [1.82, 2.24) is 9.80 Å². The molecule has 72 heavy (non-hydrogen) atoms. The minimum Gasteiger partial charge on any atom is -0.497 e. The van der Waals surface area contributed by atoms with E-state index in [-0.39, 0.29) is 52.6 Å². The van der Waals surface area contributed by atoms with Crippen LogP contribution in [0.1, 0.15) is 63.8 Å². The Morgan fingerprint density at radius 1 is 0.375 bits per heavy atom. The molecule has 1 aliphatic rings. The lowest BCUT2D eigenvalue weighted by Crippen LogP contribution is -2.36. The van der Waals surface area contributed by atoms with E-state index in [0.717, 1.165) is 22.3 Å². The van der Waals surface area contributed by atoms with Crippen LogP contribution in [0.4, 0.5) is 9.59 Å². The molecule has 0 aliphatic carbocycles. The fourth-order valence-electron chi connectivity index (χ4n) is 7.11. The van der Waals surface area contributed by atoms with Gasteiger partial charge in [-0.2, -0.15) is 0 Å². The van der Waals surface area contributed by atoms with E-state index in [9.17, 15) is 9.59 Å². The molecule has 4 aromatic rings. The van der Waals surface area contributed by atoms with Gasteiger partial charge in [0.15, 0.2) is 0 Å². The molecule has 0 saturated carbocycles. The molecule has 18 nitrogen and oxygen atoms in total. The summed E-state index contributed by atoms with van der Waals surface area (Å²) < 4.78 is 81.6. The van der Waals surface area contributed by atoms with Crippen molar-refractivity contribution in [3.8, 4) is 46.0 Å². The van der Waals surface area contributed by atoms with Gasteiger partial charge in [0, 0.05) is 50.4 Å². The number of ether oxygens (including phenoxy) is 14. The Morgan fingerprint density at radius 2 is 0.611 bits per heavy atom. The van der Waals surface area contributed by atoms with Crippen molar-refractivity contribution in [3.05, 3.63) is 95.1 Å². The van der Waals surface area contributed by atoms with Gasteiger partial charge in [-0.05, 0) is 112 Å². The first-order chi connectivity index (χ1) is 34.5. The van der Waals surface area contributed by atoms with Crippen LogP contribution in [0.2, 0.25) is 0 Å². The van der Waals surface area contributed by atoms with Gasteiger partial charge >= 0.3 is 12.2 Å². The first kappa shape index (κ1) is 56.6. The molecule has 2 amide bonds. The van der Waals surface area contributed by atoms with Gasteiger partial charge in [0.1, 0.15) is 83.6 Å². The maximum absolute atomic E-state index is 13.7. The molecule has 1 heterocycles. The van der Waals surface area contributed by atoms with Crippen LogP contribution in [0.25, 0.3) is 0 Å². The maximum atomic E-state index is 13.7. The van der Waals surface area contributed by atoms with Crippen LogP contribution >= 0.6 is 0 Å². The van der Waals surface area contributed by atoms with Crippen LogP contribution in [0, 0.1) is 0 Å². The molecule has 0 radical (unpaired) electrons. The zero-order valence-corrected chi connectivity index (χ0v) is 43.7. The largest absolute Gasteiger partial charge is 0.497 e. The van der Waals surface area contributed by atoms with Crippen molar-refractivity contribution < 1.29 is 75.9 Å². The molecule has 396 valence electrons. The van der Waals surface area contributed by atoms with Crippen LogP contribution in [-0.2, 0) is 54.6 Å². The third-order valence-electron chi connectivity index (χ3n) is 10.2. The van der Waals surface area contributed by atoms with E-state index in [1.165, 1.54) is 0 Å². The van der Waals surface area contributed by atoms with Crippen molar-refractivity contribution in [2.24, 2.45) is 0 Å². The summed E-state index contributed by atoms with van der Waals surface area (Å²) in [5, 5.41) is 0. The minimum atomic E-state index is -0.726. The first-order valence-corrected chi connectivity index (χ1v) is 24.0. The van der Waals surface area contributed by atoms with Gasteiger partial charge in [0.05, 0.1) is 81.3 Å². The average molecular weight is 1010 g/mol. The Bertz CT molecular complexity index is 2030. The molecule has 0 unspecified atom stereocenters. The predicted molar refractivity (Wildman–Crippen MR) is 268 cm³/mol. The first-order valence-electron chi connectivity index (χ1n) is 24.0. The van der Waals surface area contributed by atoms with E-state index in [2.05, 4.69) is 0 Å². The highest BCUT2D eigenvalue weighted by atomic mass is 16.6. The molecular formula is C54H74N2O16. The molecule has 0 atom stereocenters. The SMILES string of the molecule is COc1cc(CN(Cc2cc3cc(c2)OCCOCCOCCOc2cc(CN(Cc4cc(OC)cc(OC)c4)C(=O)OC(C)(C)C)cc(c2)OCCOCCOCCO3)C(=O)OC(C)(C)C)cc(OC)c1. The predicted octanol–water partition coefficient (Wildman–Crippen LogP) is 8.89. The molecule has 4 aromatic carbocycles. The van der Waals surface area contributed by atoms with Crippen molar-refractivity contribution in [2.45, 2.75) is 78.9 Å². The number of fused-ring (bicyclic) bond motifs is 4. The summed E-state index contributed by atoms with van der Waals surface area (Å²) in [6, 6.07) is 22.0. The fourth-order valence-corrected chi connectivity index (χ4v) is 7.11. The van der Waals surface area contributed by atoms with Gasteiger partial charge in [-0.15, -0.1) is 0 Å². The zero-order chi connectivity index (χ0) is 51.9. The number of carbonyl (C=O) groups excluding carboxylic acids is 2. The van der Waals surface area contributed by atoms with E-state index in [1.54, 1.807) is 62.5 Å². The Hall–Kier alpha value is -6.34. The van der Waals surface area contributed by atoms with Crippen molar-refractivity contribution in [1.29, 1.82) is 0 Å². The third kappa shape index (κ3) is 20.8. The maximum Gasteiger partial charge on any atom is 0.410 e. The van der Waals surface area contributed by atoms with E-state index in [0.29, 0.717) is 98.9 Å². The van der Waals surface area contributed by atoms with Crippen LogP contribution in [0.3, 0.4) is 0 Å². The topological polar surface area (TPSA) is 170 Å². The van der Waals surface area contributed by atoms with Crippen molar-refractivity contribution in [2.75, 3.05) is 108 Å².